The fourth-order valence-electron chi connectivity index (χ4n) is 1.20. The maximum atomic E-state index is 3.59. The summed E-state index contributed by atoms with van der Waals surface area (Å²) in [5.74, 6) is 0.747. The lowest BCUT2D eigenvalue weighted by Crippen LogP contribution is -2.41. The van der Waals surface area contributed by atoms with Crippen molar-refractivity contribution in [3.63, 3.8) is 0 Å². The summed E-state index contributed by atoms with van der Waals surface area (Å²) in [7, 11) is 0. The van der Waals surface area contributed by atoms with Crippen LogP contribution in [-0.2, 0) is 0 Å². The molecule has 0 rings (SSSR count). The second-order valence-electron chi connectivity index (χ2n) is 5.60. The lowest BCUT2D eigenvalue weighted by molar-refractivity contribution is 0.407. The van der Waals surface area contributed by atoms with Gasteiger partial charge in [-0.15, -0.1) is 0 Å². The van der Waals surface area contributed by atoms with Gasteiger partial charge < -0.3 is 5.32 Å². The first-order valence-electron chi connectivity index (χ1n) is 5.63. The zero-order valence-corrected chi connectivity index (χ0v) is 11.7. The molecule has 0 fully saturated rings. The predicted octanol–water partition coefficient (Wildman–Crippen LogP) is 3.54. The van der Waals surface area contributed by atoms with E-state index in [0.29, 0.717) is 0 Å². The summed E-state index contributed by atoms with van der Waals surface area (Å²) < 4.78 is 0. The molecule has 0 spiro atoms. The Balaban J connectivity index is 3.98. The van der Waals surface area contributed by atoms with Crippen LogP contribution in [0.2, 0.25) is 0 Å². The van der Waals surface area contributed by atoms with Crippen LogP contribution in [0.4, 0.5) is 0 Å². The maximum Gasteiger partial charge on any atom is 0.0198 e. The van der Waals surface area contributed by atoms with Crippen LogP contribution in [0.3, 0.4) is 0 Å². The van der Waals surface area contributed by atoms with E-state index in [1.165, 1.54) is 0 Å². The fourth-order valence-corrected chi connectivity index (χ4v) is 2.39. The first-order valence-corrected chi connectivity index (χ1v) is 6.57. The van der Waals surface area contributed by atoms with E-state index in [0.717, 1.165) is 23.0 Å². The lowest BCUT2D eigenvalue weighted by atomic mass is 10.1. The van der Waals surface area contributed by atoms with Gasteiger partial charge in [0.05, 0.1) is 0 Å². The summed E-state index contributed by atoms with van der Waals surface area (Å²) >= 11 is 2.09. The van der Waals surface area contributed by atoms with Gasteiger partial charge in [-0.3, -0.25) is 0 Å². The van der Waals surface area contributed by atoms with Gasteiger partial charge in [0.2, 0.25) is 0 Å². The maximum absolute atomic E-state index is 3.59. The standard InChI is InChI=1S/C12H27NS/c1-9(2)11(14-10(3)4)8-13-12(5,6)7/h9-11,13H,8H2,1-7H3. The van der Waals surface area contributed by atoms with Crippen molar-refractivity contribution in [1.29, 1.82) is 0 Å². The Labute approximate surface area is 94.4 Å². The molecule has 0 saturated carbocycles. The second-order valence-corrected chi connectivity index (χ2v) is 7.42. The molecule has 0 saturated heterocycles. The lowest BCUT2D eigenvalue weighted by Gasteiger charge is -2.28. The minimum absolute atomic E-state index is 0.241. The summed E-state index contributed by atoms with van der Waals surface area (Å²) in [6.45, 7) is 17.0. The van der Waals surface area contributed by atoms with Crippen molar-refractivity contribution in [3.8, 4) is 0 Å². The number of hydrogen-bond acceptors (Lipinski definition) is 2. The van der Waals surface area contributed by atoms with E-state index in [4.69, 9.17) is 0 Å². The van der Waals surface area contributed by atoms with Gasteiger partial charge in [-0.1, -0.05) is 27.7 Å². The molecule has 0 aromatic carbocycles. The number of nitrogens with one attached hydrogen (secondary N) is 1. The highest BCUT2D eigenvalue weighted by Gasteiger charge is 2.18. The molecule has 0 bridgehead atoms. The average Bonchev–Trinajstić information content (AvgIpc) is 1.94. The Morgan fingerprint density at radius 1 is 1.07 bits per heavy atom. The van der Waals surface area contributed by atoms with Gasteiger partial charge in [0, 0.05) is 17.3 Å². The average molecular weight is 217 g/mol. The normalized spacial score (nSPS) is 15.2. The van der Waals surface area contributed by atoms with E-state index in [1.807, 2.05) is 0 Å². The second kappa shape index (κ2) is 6.02. The number of hydrogen-bond donors (Lipinski definition) is 1. The van der Waals surface area contributed by atoms with Crippen LogP contribution in [0.15, 0.2) is 0 Å². The Kier molecular flexibility index (Phi) is 6.15. The number of rotatable bonds is 5. The molecule has 0 aliphatic carbocycles. The fraction of sp³-hybridized carbons (Fsp3) is 1.00. The van der Waals surface area contributed by atoms with Crippen molar-refractivity contribution >= 4 is 11.8 Å². The van der Waals surface area contributed by atoms with Crippen LogP contribution in [0.5, 0.6) is 0 Å². The Bertz CT molecular complexity index is 147. The third-order valence-electron chi connectivity index (χ3n) is 2.02. The van der Waals surface area contributed by atoms with Gasteiger partial charge in [-0.25, -0.2) is 0 Å². The van der Waals surface area contributed by atoms with Crippen LogP contribution >= 0.6 is 11.8 Å². The summed E-state index contributed by atoms with van der Waals surface area (Å²) in [4.78, 5) is 0. The zero-order chi connectivity index (χ0) is 11.4. The summed E-state index contributed by atoms with van der Waals surface area (Å²) in [5.41, 5.74) is 0.241. The van der Waals surface area contributed by atoms with Crippen molar-refractivity contribution in [2.45, 2.75) is 64.5 Å². The van der Waals surface area contributed by atoms with Gasteiger partial charge in [-0.05, 0) is 31.9 Å². The number of thioether (sulfide) groups is 1. The van der Waals surface area contributed by atoms with Crippen LogP contribution < -0.4 is 5.32 Å². The van der Waals surface area contributed by atoms with Gasteiger partial charge in [0.15, 0.2) is 0 Å². The van der Waals surface area contributed by atoms with Crippen LogP contribution in [0, 0.1) is 5.92 Å². The van der Waals surface area contributed by atoms with E-state index in [-0.39, 0.29) is 5.54 Å². The topological polar surface area (TPSA) is 12.0 Å². The SMILES string of the molecule is CC(C)SC(CNC(C)(C)C)C(C)C. The Hall–Kier alpha value is 0.310. The highest BCUT2D eigenvalue weighted by molar-refractivity contribution is 8.00. The third-order valence-corrected chi connectivity index (χ3v) is 3.63. The third kappa shape index (κ3) is 7.69. The molecular formula is C12H27NS. The van der Waals surface area contributed by atoms with E-state index in [9.17, 15) is 0 Å². The molecule has 0 aromatic rings. The monoisotopic (exact) mass is 217 g/mol. The molecule has 1 atom stereocenters. The first-order chi connectivity index (χ1) is 6.22. The van der Waals surface area contributed by atoms with Gasteiger partial charge in [0.25, 0.3) is 0 Å². The molecule has 0 radical (unpaired) electrons. The smallest absolute Gasteiger partial charge is 0.0198 e. The first kappa shape index (κ1) is 14.3. The molecule has 86 valence electrons. The molecule has 1 N–H and O–H groups in total. The highest BCUT2D eigenvalue weighted by Crippen LogP contribution is 2.23. The van der Waals surface area contributed by atoms with Crippen molar-refractivity contribution in [1.82, 2.24) is 5.32 Å². The predicted molar refractivity (Wildman–Crippen MR) is 69.1 cm³/mol. The Morgan fingerprint density at radius 2 is 1.57 bits per heavy atom. The van der Waals surface area contributed by atoms with Crippen LogP contribution in [0.1, 0.15) is 48.5 Å². The molecule has 0 aliphatic rings. The van der Waals surface area contributed by atoms with E-state index >= 15 is 0 Å². The van der Waals surface area contributed by atoms with Crippen molar-refractivity contribution in [2.24, 2.45) is 5.92 Å². The quantitative estimate of drug-likeness (QED) is 0.756. The molecule has 0 heterocycles. The van der Waals surface area contributed by atoms with E-state index in [2.05, 4.69) is 65.5 Å². The molecule has 0 aliphatic heterocycles. The zero-order valence-electron chi connectivity index (χ0n) is 10.8. The molecule has 1 nitrogen and oxygen atoms in total. The highest BCUT2D eigenvalue weighted by atomic mass is 32.2. The molecule has 0 amide bonds. The molecule has 0 aromatic heterocycles. The summed E-state index contributed by atoms with van der Waals surface area (Å²) in [5, 5.41) is 5.04. The van der Waals surface area contributed by atoms with Gasteiger partial charge >= 0.3 is 0 Å². The largest absolute Gasteiger partial charge is 0.311 e. The van der Waals surface area contributed by atoms with Gasteiger partial charge in [-0.2, -0.15) is 11.8 Å². The van der Waals surface area contributed by atoms with Crippen LogP contribution in [-0.4, -0.2) is 22.6 Å². The van der Waals surface area contributed by atoms with Crippen molar-refractivity contribution < 1.29 is 0 Å². The van der Waals surface area contributed by atoms with Gasteiger partial charge in [0.1, 0.15) is 0 Å². The van der Waals surface area contributed by atoms with E-state index in [1.54, 1.807) is 0 Å². The molecule has 1 unspecified atom stereocenters. The molecular weight excluding hydrogens is 190 g/mol. The Morgan fingerprint density at radius 3 is 1.86 bits per heavy atom. The summed E-state index contributed by atoms with van der Waals surface area (Å²) in [6, 6.07) is 0. The minimum atomic E-state index is 0.241. The van der Waals surface area contributed by atoms with Crippen molar-refractivity contribution in [2.75, 3.05) is 6.54 Å². The van der Waals surface area contributed by atoms with E-state index < -0.39 is 0 Å². The van der Waals surface area contributed by atoms with Crippen LogP contribution in [0.25, 0.3) is 0 Å². The summed E-state index contributed by atoms with van der Waals surface area (Å²) in [6.07, 6.45) is 0. The molecule has 2 heteroatoms. The minimum Gasteiger partial charge on any atom is -0.311 e. The van der Waals surface area contributed by atoms with Crippen molar-refractivity contribution in [3.05, 3.63) is 0 Å². The molecule has 14 heavy (non-hydrogen) atoms.